The third-order valence-electron chi connectivity index (χ3n) is 7.10. The Bertz CT molecular complexity index is 1250. The third kappa shape index (κ3) is 16.0. The Labute approximate surface area is 281 Å². The maximum absolute atomic E-state index is 9.08. The molecule has 0 aromatic heterocycles. The van der Waals surface area contributed by atoms with Crippen molar-refractivity contribution in [2.45, 2.75) is 115 Å². The summed E-state index contributed by atoms with van der Waals surface area (Å²) in [4.78, 5) is 0. The molecule has 0 amide bonds. The van der Waals surface area contributed by atoms with Gasteiger partial charge in [0.15, 0.2) is 0 Å². The fourth-order valence-corrected chi connectivity index (χ4v) is 9.75. The van der Waals surface area contributed by atoms with E-state index in [-0.39, 0.29) is 40.6 Å². The molecule has 2 aliphatic rings. The summed E-state index contributed by atoms with van der Waals surface area (Å²) in [5, 5.41) is 1.60. The first-order valence-corrected chi connectivity index (χ1v) is 20.3. The van der Waals surface area contributed by atoms with Crippen LogP contribution >= 0.6 is 7.92 Å². The van der Waals surface area contributed by atoms with Crippen LogP contribution in [0, 0.1) is 0 Å². The molecule has 0 bridgehead atoms. The van der Waals surface area contributed by atoms with Crippen LogP contribution in [-0.4, -0.2) is 62.0 Å². The Kier molecular flexibility index (Phi) is 18.2. The summed E-state index contributed by atoms with van der Waals surface area (Å²) in [6, 6.07) is 15.6. The molecule has 0 heterocycles. The predicted octanol–water partition coefficient (Wildman–Crippen LogP) is 7.02. The standard InChI is InChI=1S/C30H43O2P.2CH4O3S.Pd/c1-22(2)31-27-19-13-20-28(32-23(3)4)30(27)26-18-11-12-21-29(26)33(24-14-7-5-8-15-24)25-16-9-6-10-17-25;2*1-5(2,3)4;/h11-13,18-25H,5-10,14-17H2,1-4H3;2*1H3,(H,2,3,4);/q;;;+2/p-2. The largest absolute Gasteiger partial charge is 2.00 e. The second kappa shape index (κ2) is 19.6. The molecule has 8 nitrogen and oxygen atoms in total. The molecule has 2 aromatic carbocycles. The van der Waals surface area contributed by atoms with Crippen LogP contribution in [0.4, 0.5) is 0 Å². The topological polar surface area (TPSA) is 133 Å². The van der Waals surface area contributed by atoms with Gasteiger partial charge in [-0.05, 0) is 87.7 Å². The minimum Gasteiger partial charge on any atom is -0.748 e. The molecule has 252 valence electrons. The van der Waals surface area contributed by atoms with Crippen LogP contribution in [0.3, 0.4) is 0 Å². The molecule has 2 aromatic rings. The molecule has 0 N–H and O–H groups in total. The van der Waals surface area contributed by atoms with Crippen molar-refractivity contribution in [1.82, 2.24) is 0 Å². The van der Waals surface area contributed by atoms with Crippen LogP contribution in [0.1, 0.15) is 91.9 Å². The molecule has 0 aliphatic heterocycles. The SMILES string of the molecule is CC(C)Oc1cccc(OC(C)C)c1-c1ccccc1P(C1CCCCC1)C1CCCCC1.CS(=O)(=O)[O-].CS(=O)(=O)[O-].[Pd+2]. The van der Waals surface area contributed by atoms with Crippen molar-refractivity contribution < 1.29 is 55.8 Å². The van der Waals surface area contributed by atoms with E-state index in [1.807, 2.05) is 0 Å². The van der Waals surface area contributed by atoms with E-state index < -0.39 is 20.2 Å². The summed E-state index contributed by atoms with van der Waals surface area (Å²) >= 11 is 0. The molecule has 0 atom stereocenters. The van der Waals surface area contributed by atoms with Gasteiger partial charge in [-0.1, -0.05) is 76.8 Å². The van der Waals surface area contributed by atoms with Gasteiger partial charge in [0.25, 0.3) is 0 Å². The molecular weight excluding hydrogens is 714 g/mol. The number of hydrogen-bond acceptors (Lipinski definition) is 8. The summed E-state index contributed by atoms with van der Waals surface area (Å²) in [5.41, 5.74) is 4.25. The third-order valence-corrected chi connectivity index (χ3v) is 10.7. The summed E-state index contributed by atoms with van der Waals surface area (Å²) in [6.45, 7) is 8.45. The van der Waals surface area contributed by atoms with Crippen molar-refractivity contribution in [3.05, 3.63) is 42.5 Å². The van der Waals surface area contributed by atoms with Crippen LogP contribution in [0.2, 0.25) is 0 Å². The average Bonchev–Trinajstić information content (AvgIpc) is 2.88. The van der Waals surface area contributed by atoms with Gasteiger partial charge in [-0.2, -0.15) is 0 Å². The number of benzene rings is 2. The predicted molar refractivity (Wildman–Crippen MR) is 175 cm³/mol. The van der Waals surface area contributed by atoms with Crippen LogP contribution in [0.5, 0.6) is 11.5 Å². The van der Waals surface area contributed by atoms with Crippen molar-refractivity contribution in [3.63, 3.8) is 0 Å². The molecule has 0 saturated heterocycles. The van der Waals surface area contributed by atoms with Crippen molar-refractivity contribution in [2.75, 3.05) is 12.5 Å². The minimum atomic E-state index is -3.92. The summed E-state index contributed by atoms with van der Waals surface area (Å²) in [6.07, 6.45) is 15.6. The minimum absolute atomic E-state index is 0. The van der Waals surface area contributed by atoms with Gasteiger partial charge in [-0.25, -0.2) is 16.8 Å². The van der Waals surface area contributed by atoms with E-state index in [1.165, 1.54) is 69.8 Å². The molecule has 2 fully saturated rings. The van der Waals surface area contributed by atoms with E-state index in [1.54, 1.807) is 5.30 Å². The summed E-state index contributed by atoms with van der Waals surface area (Å²) in [7, 11) is -8.05. The van der Waals surface area contributed by atoms with Crippen molar-refractivity contribution in [1.29, 1.82) is 0 Å². The molecule has 44 heavy (non-hydrogen) atoms. The van der Waals surface area contributed by atoms with Crippen molar-refractivity contribution in [3.8, 4) is 22.6 Å². The Morgan fingerprint density at radius 2 is 1.02 bits per heavy atom. The zero-order chi connectivity index (χ0) is 32.2. The first kappa shape index (κ1) is 41.0. The van der Waals surface area contributed by atoms with Gasteiger partial charge in [0.2, 0.25) is 0 Å². The van der Waals surface area contributed by atoms with E-state index >= 15 is 0 Å². The van der Waals surface area contributed by atoms with Gasteiger partial charge in [0, 0.05) is 12.5 Å². The quantitative estimate of drug-likeness (QED) is 0.159. The Morgan fingerprint density at radius 1 is 0.659 bits per heavy atom. The summed E-state index contributed by atoms with van der Waals surface area (Å²) < 4.78 is 67.2. The number of rotatable bonds is 8. The molecule has 0 radical (unpaired) electrons. The normalized spacial score (nSPS) is 16.3. The van der Waals surface area contributed by atoms with Crippen LogP contribution in [-0.2, 0) is 40.7 Å². The van der Waals surface area contributed by atoms with E-state index in [4.69, 9.17) is 35.4 Å². The van der Waals surface area contributed by atoms with Gasteiger partial charge in [-0.15, -0.1) is 0 Å². The molecule has 0 unspecified atom stereocenters. The molecule has 2 aliphatic carbocycles. The molecule has 0 spiro atoms. The molecule has 12 heteroatoms. The fraction of sp³-hybridized carbons (Fsp3) is 0.625. The smallest absolute Gasteiger partial charge is 0.748 e. The summed E-state index contributed by atoms with van der Waals surface area (Å²) in [5.74, 6) is 1.91. The maximum atomic E-state index is 9.08. The number of ether oxygens (including phenoxy) is 2. The van der Waals surface area contributed by atoms with Gasteiger partial charge >= 0.3 is 20.4 Å². The first-order chi connectivity index (χ1) is 20.0. The molecule has 4 rings (SSSR count). The van der Waals surface area contributed by atoms with Crippen molar-refractivity contribution in [2.24, 2.45) is 0 Å². The van der Waals surface area contributed by atoms with Crippen LogP contribution in [0.15, 0.2) is 42.5 Å². The Balaban J connectivity index is 0.000000765. The van der Waals surface area contributed by atoms with Gasteiger partial charge < -0.3 is 18.6 Å². The molecule has 2 saturated carbocycles. The van der Waals surface area contributed by atoms with E-state index in [0.29, 0.717) is 12.5 Å². The molecular formula is C32H49O8PPdS2. The zero-order valence-corrected chi connectivity index (χ0v) is 30.8. The second-order valence-corrected chi connectivity index (χ2v) is 17.5. The fourth-order valence-electron chi connectivity index (χ4n) is 5.80. The van der Waals surface area contributed by atoms with E-state index in [0.717, 1.165) is 28.4 Å². The Morgan fingerprint density at radius 3 is 1.39 bits per heavy atom. The first-order valence-electron chi connectivity index (χ1n) is 15.2. The monoisotopic (exact) mass is 762 g/mol. The van der Waals surface area contributed by atoms with Gasteiger partial charge in [-0.3, -0.25) is 0 Å². The van der Waals surface area contributed by atoms with Crippen LogP contribution in [0.25, 0.3) is 11.1 Å². The average molecular weight is 763 g/mol. The maximum Gasteiger partial charge on any atom is 2.00 e. The van der Waals surface area contributed by atoms with Crippen LogP contribution < -0.4 is 14.8 Å². The number of hydrogen-bond donors (Lipinski definition) is 0. The van der Waals surface area contributed by atoms with E-state index in [2.05, 4.69) is 70.2 Å². The second-order valence-electron chi connectivity index (χ2n) is 11.9. The Hall–Kier alpha value is -1.05. The van der Waals surface area contributed by atoms with E-state index in [9.17, 15) is 0 Å². The zero-order valence-electron chi connectivity index (χ0n) is 26.8. The van der Waals surface area contributed by atoms with Crippen molar-refractivity contribution >= 4 is 33.5 Å². The van der Waals surface area contributed by atoms with Gasteiger partial charge in [0.1, 0.15) is 11.5 Å². The van der Waals surface area contributed by atoms with Gasteiger partial charge in [0.05, 0.1) is 38.0 Å².